The van der Waals surface area contributed by atoms with Crippen molar-refractivity contribution in [2.45, 2.75) is 19.3 Å². The van der Waals surface area contributed by atoms with E-state index in [4.69, 9.17) is 0 Å². The lowest BCUT2D eigenvalue weighted by Crippen LogP contribution is -2.44. The Hall–Kier alpha value is -3.80. The zero-order valence-electron chi connectivity index (χ0n) is 16.8. The molecule has 33 heavy (non-hydrogen) atoms. The fourth-order valence-corrected chi connectivity index (χ4v) is 4.56. The summed E-state index contributed by atoms with van der Waals surface area (Å²) in [4.78, 5) is 29.8. The van der Waals surface area contributed by atoms with Crippen LogP contribution in [0, 0.1) is 0 Å². The molecule has 168 valence electrons. The lowest BCUT2D eigenvalue weighted by atomic mass is 9.90. The van der Waals surface area contributed by atoms with Gasteiger partial charge in [0.1, 0.15) is 12.3 Å². The first-order valence-electron chi connectivity index (χ1n) is 9.87. The number of aromatic amines is 1. The van der Waals surface area contributed by atoms with E-state index in [1.54, 1.807) is 28.9 Å². The van der Waals surface area contributed by atoms with E-state index in [1.807, 2.05) is 0 Å². The van der Waals surface area contributed by atoms with Crippen LogP contribution in [-0.4, -0.2) is 39.8 Å². The molecule has 0 spiro atoms. The summed E-state index contributed by atoms with van der Waals surface area (Å²) in [5, 5.41) is 10.4. The quantitative estimate of drug-likeness (QED) is 0.289. The number of benzene rings is 2. The number of hydrogen-bond acceptors (Lipinski definition) is 7. The van der Waals surface area contributed by atoms with Crippen molar-refractivity contribution in [3.05, 3.63) is 65.0 Å². The van der Waals surface area contributed by atoms with Gasteiger partial charge >= 0.3 is 12.1 Å². The first-order valence-corrected chi connectivity index (χ1v) is 10.7. The maximum atomic E-state index is 12.9. The van der Waals surface area contributed by atoms with E-state index in [-0.39, 0.29) is 28.7 Å². The maximum Gasteiger partial charge on any atom is 0.573 e. The molecule has 0 bridgehead atoms. The van der Waals surface area contributed by atoms with Crippen molar-refractivity contribution in [2.24, 2.45) is 0 Å². The second-order valence-corrected chi connectivity index (χ2v) is 8.27. The number of thiazole rings is 1. The molecular formula is C21H15F3N5O3S+. The van der Waals surface area contributed by atoms with Gasteiger partial charge in [0, 0.05) is 30.2 Å². The summed E-state index contributed by atoms with van der Waals surface area (Å²) >= 11 is 1.21. The number of halogens is 3. The lowest BCUT2D eigenvalue weighted by Gasteiger charge is -2.10. The van der Waals surface area contributed by atoms with Gasteiger partial charge in [0.15, 0.2) is 5.13 Å². The molecule has 12 heteroatoms. The van der Waals surface area contributed by atoms with Crippen molar-refractivity contribution >= 4 is 38.3 Å². The third kappa shape index (κ3) is 4.04. The summed E-state index contributed by atoms with van der Waals surface area (Å²) in [6.45, 7) is 0.871. The highest BCUT2D eigenvalue weighted by Crippen LogP contribution is 2.31. The van der Waals surface area contributed by atoms with Crippen LogP contribution in [0.2, 0.25) is 0 Å². The predicted octanol–water partition coefficient (Wildman–Crippen LogP) is 3.48. The van der Waals surface area contributed by atoms with Gasteiger partial charge in [-0.25, -0.2) is 4.98 Å². The normalized spacial score (nSPS) is 13.2. The Bertz CT molecular complexity index is 1400. The summed E-state index contributed by atoms with van der Waals surface area (Å²) in [7, 11) is 0. The number of aryl methyl sites for hydroxylation is 1. The van der Waals surface area contributed by atoms with Gasteiger partial charge in [-0.3, -0.25) is 9.59 Å². The lowest BCUT2D eigenvalue weighted by molar-refractivity contribution is -0.755. The summed E-state index contributed by atoms with van der Waals surface area (Å²) < 4.78 is 43.2. The number of carbonyl (C=O) groups is 2. The van der Waals surface area contributed by atoms with E-state index in [0.717, 1.165) is 0 Å². The highest BCUT2D eigenvalue weighted by Gasteiger charge is 2.40. The molecule has 4 aromatic rings. The van der Waals surface area contributed by atoms with Gasteiger partial charge in [-0.15, -0.1) is 13.2 Å². The van der Waals surface area contributed by atoms with E-state index in [0.29, 0.717) is 46.0 Å². The molecule has 2 aromatic heterocycles. The Labute approximate surface area is 188 Å². The Morgan fingerprint density at radius 1 is 1.09 bits per heavy atom. The Balaban J connectivity index is 1.24. The van der Waals surface area contributed by atoms with Gasteiger partial charge < -0.3 is 10.1 Å². The Kier molecular flexibility index (Phi) is 5.08. The number of fused-ring (bicyclic) bond motifs is 3. The molecule has 8 nitrogen and oxygen atoms in total. The monoisotopic (exact) mass is 474 g/mol. The van der Waals surface area contributed by atoms with Gasteiger partial charge in [-0.05, 0) is 12.1 Å². The molecule has 0 atom stereocenters. The number of nitrogens with zero attached hydrogens (tertiary/aromatic N) is 3. The van der Waals surface area contributed by atoms with Crippen LogP contribution in [-0.2, 0) is 6.54 Å². The number of ketones is 2. The second-order valence-electron chi connectivity index (χ2n) is 7.24. The average Bonchev–Trinajstić information content (AvgIpc) is 3.38. The van der Waals surface area contributed by atoms with Gasteiger partial charge in [0.2, 0.25) is 11.6 Å². The largest absolute Gasteiger partial charge is 0.573 e. The second kappa shape index (κ2) is 7.96. The molecule has 2 N–H and O–H groups in total. The minimum atomic E-state index is -4.75. The number of ether oxygens (including phenoxy) is 1. The minimum absolute atomic E-state index is 0.106. The number of rotatable bonds is 6. The summed E-state index contributed by atoms with van der Waals surface area (Å²) in [5.74, 6) is -0.854. The first kappa shape index (κ1) is 21.1. The van der Waals surface area contributed by atoms with E-state index < -0.39 is 6.36 Å². The molecule has 2 aromatic carbocycles. The summed E-state index contributed by atoms with van der Waals surface area (Å²) in [6, 6.07) is 10.6. The highest BCUT2D eigenvalue weighted by atomic mass is 32.1. The van der Waals surface area contributed by atoms with Gasteiger partial charge in [-0.1, -0.05) is 40.8 Å². The first-order chi connectivity index (χ1) is 15.8. The van der Waals surface area contributed by atoms with E-state index in [2.05, 4.69) is 25.3 Å². The zero-order valence-corrected chi connectivity index (χ0v) is 17.6. The molecule has 0 saturated heterocycles. The predicted molar refractivity (Wildman–Crippen MR) is 111 cm³/mol. The number of H-pyrrole nitrogens is 1. The van der Waals surface area contributed by atoms with Crippen LogP contribution in [0.5, 0.6) is 5.75 Å². The van der Waals surface area contributed by atoms with Crippen LogP contribution in [0.1, 0.15) is 38.5 Å². The van der Waals surface area contributed by atoms with Gasteiger partial charge in [-0.2, -0.15) is 4.68 Å². The third-order valence-corrected chi connectivity index (χ3v) is 6.03. The molecule has 0 radical (unpaired) electrons. The van der Waals surface area contributed by atoms with E-state index >= 15 is 0 Å². The van der Waals surface area contributed by atoms with Crippen molar-refractivity contribution in [3.63, 3.8) is 0 Å². The van der Waals surface area contributed by atoms with Crippen LogP contribution in [0.25, 0.3) is 10.2 Å². The van der Waals surface area contributed by atoms with Crippen molar-refractivity contribution < 1.29 is 32.2 Å². The smallest absolute Gasteiger partial charge is 0.406 e. The number of anilines is 1. The SMILES string of the molecule is O=C1c2ccccc2C(=O)c2c1n[nH][n+]2CCCNc1nc2ccc(OC(F)(F)F)cc2s1. The van der Waals surface area contributed by atoms with Crippen LogP contribution >= 0.6 is 11.3 Å². The molecule has 0 unspecified atom stereocenters. The maximum absolute atomic E-state index is 12.9. The average molecular weight is 474 g/mol. The Morgan fingerprint density at radius 3 is 2.61 bits per heavy atom. The molecule has 0 amide bonds. The number of alkyl halides is 3. The number of nitrogens with one attached hydrogen (secondary N) is 2. The summed E-state index contributed by atoms with van der Waals surface area (Å²) in [6.07, 6.45) is -4.18. The summed E-state index contributed by atoms with van der Waals surface area (Å²) in [5.41, 5.74) is 1.59. The molecule has 0 fully saturated rings. The van der Waals surface area contributed by atoms with Crippen LogP contribution in [0.4, 0.5) is 18.3 Å². The molecular weight excluding hydrogens is 459 g/mol. The number of carbonyl (C=O) groups excluding carboxylic acids is 2. The Morgan fingerprint density at radius 2 is 1.85 bits per heavy atom. The molecule has 0 saturated carbocycles. The van der Waals surface area contributed by atoms with Crippen molar-refractivity contribution in [1.29, 1.82) is 0 Å². The fraction of sp³-hybridized carbons (Fsp3) is 0.190. The molecule has 1 aliphatic carbocycles. The third-order valence-electron chi connectivity index (χ3n) is 5.05. The van der Waals surface area contributed by atoms with E-state index in [1.165, 1.54) is 29.5 Å². The number of aromatic nitrogens is 4. The van der Waals surface area contributed by atoms with Crippen molar-refractivity contribution in [3.8, 4) is 5.75 Å². The topological polar surface area (TPSA) is 101 Å². The van der Waals surface area contributed by atoms with Gasteiger partial charge in [0.25, 0.3) is 5.69 Å². The van der Waals surface area contributed by atoms with Gasteiger partial charge in [0.05, 0.1) is 15.3 Å². The highest BCUT2D eigenvalue weighted by molar-refractivity contribution is 7.22. The van der Waals surface area contributed by atoms with Crippen LogP contribution < -0.4 is 14.7 Å². The van der Waals surface area contributed by atoms with Crippen LogP contribution in [0.3, 0.4) is 0 Å². The van der Waals surface area contributed by atoms with Crippen molar-refractivity contribution in [1.82, 2.24) is 15.3 Å². The standard InChI is InChI=1S/C21H14F3N5O3S/c22-21(23,24)32-11-6-7-14-15(10-11)33-20(26-14)25-8-3-9-29-17-16(27-28-29)18(30)12-4-1-2-5-13(12)19(17)31/h1-2,4-7,10H,3,8-9H2,(H,25,26)/p+1. The molecule has 2 heterocycles. The van der Waals surface area contributed by atoms with Crippen LogP contribution in [0.15, 0.2) is 42.5 Å². The zero-order chi connectivity index (χ0) is 23.2. The number of hydrogen-bond donors (Lipinski definition) is 2. The fourth-order valence-electron chi connectivity index (χ4n) is 3.64. The molecule has 5 rings (SSSR count). The van der Waals surface area contributed by atoms with E-state index in [9.17, 15) is 22.8 Å². The molecule has 1 aliphatic rings. The van der Waals surface area contributed by atoms with Crippen molar-refractivity contribution in [2.75, 3.05) is 11.9 Å². The minimum Gasteiger partial charge on any atom is -0.406 e. The molecule has 0 aliphatic heterocycles.